The fraction of sp³-hybridized carbons (Fsp3) is 0.414. The molecule has 1 N–H and O–H groups in total. The van der Waals surface area contributed by atoms with Crippen LogP contribution in [0, 0.1) is 12.7 Å². The third-order valence-electron chi connectivity index (χ3n) is 6.46. The van der Waals surface area contributed by atoms with Gasteiger partial charge < -0.3 is 10.1 Å². The summed E-state index contributed by atoms with van der Waals surface area (Å²) in [5.74, 6) is 0.0108. The SMILES string of the molecule is COCCCNC(=O)CN1C(=O)CS[C@H](c2ccc(F)cc2)c2c(C(C)(C)C)nn(-c3ccccc3C)c21. The van der Waals surface area contributed by atoms with Crippen molar-refractivity contribution in [2.24, 2.45) is 0 Å². The molecule has 2 heterocycles. The lowest BCUT2D eigenvalue weighted by Crippen LogP contribution is -2.42. The predicted molar refractivity (Wildman–Crippen MR) is 150 cm³/mol. The molecule has 0 saturated carbocycles. The van der Waals surface area contributed by atoms with Gasteiger partial charge in [0.25, 0.3) is 0 Å². The second-order valence-corrected chi connectivity index (χ2v) is 11.5. The number of thioether (sulfide) groups is 1. The van der Waals surface area contributed by atoms with Crippen molar-refractivity contribution in [2.75, 3.05) is 37.5 Å². The van der Waals surface area contributed by atoms with Gasteiger partial charge in [0.15, 0.2) is 0 Å². The Balaban J connectivity index is 1.91. The van der Waals surface area contributed by atoms with Crippen LogP contribution in [0.25, 0.3) is 5.69 Å². The number of para-hydroxylation sites is 1. The second-order valence-electron chi connectivity index (χ2n) is 10.5. The maximum absolute atomic E-state index is 13.8. The molecule has 0 aliphatic carbocycles. The number of benzene rings is 2. The third-order valence-corrected chi connectivity index (χ3v) is 7.72. The van der Waals surface area contributed by atoms with Crippen molar-refractivity contribution >= 4 is 29.4 Å². The first-order chi connectivity index (χ1) is 18.1. The summed E-state index contributed by atoms with van der Waals surface area (Å²) >= 11 is 1.48. The first-order valence-electron chi connectivity index (χ1n) is 12.7. The lowest BCUT2D eigenvalue weighted by molar-refractivity contribution is -0.122. The molecule has 0 saturated heterocycles. The number of amides is 2. The number of aromatic nitrogens is 2. The molecule has 2 amide bonds. The Labute approximate surface area is 227 Å². The topological polar surface area (TPSA) is 76.5 Å². The Kier molecular flexibility index (Phi) is 8.57. The van der Waals surface area contributed by atoms with Crippen LogP contribution in [-0.4, -0.2) is 54.2 Å². The van der Waals surface area contributed by atoms with Gasteiger partial charge in [-0.2, -0.15) is 5.10 Å². The van der Waals surface area contributed by atoms with Crippen molar-refractivity contribution in [1.82, 2.24) is 15.1 Å². The van der Waals surface area contributed by atoms with Crippen molar-refractivity contribution in [3.05, 3.63) is 76.7 Å². The molecule has 202 valence electrons. The Hall–Kier alpha value is -3.17. The highest BCUT2D eigenvalue weighted by atomic mass is 32.2. The van der Waals surface area contributed by atoms with Gasteiger partial charge in [0.1, 0.15) is 18.2 Å². The van der Waals surface area contributed by atoms with E-state index >= 15 is 0 Å². The molecule has 0 unspecified atom stereocenters. The summed E-state index contributed by atoms with van der Waals surface area (Å²) in [4.78, 5) is 28.2. The summed E-state index contributed by atoms with van der Waals surface area (Å²) in [6.45, 7) is 9.13. The molecule has 3 aromatic rings. The molecule has 38 heavy (non-hydrogen) atoms. The first-order valence-corrected chi connectivity index (χ1v) is 13.8. The zero-order chi connectivity index (χ0) is 27.4. The minimum absolute atomic E-state index is 0.128. The molecule has 2 aromatic carbocycles. The van der Waals surface area contributed by atoms with Crippen LogP contribution >= 0.6 is 11.8 Å². The lowest BCUT2D eigenvalue weighted by atomic mass is 9.87. The highest BCUT2D eigenvalue weighted by Crippen LogP contribution is 2.48. The van der Waals surface area contributed by atoms with Crippen LogP contribution in [0.1, 0.15) is 54.8 Å². The van der Waals surface area contributed by atoms with Gasteiger partial charge in [-0.3, -0.25) is 14.5 Å². The number of fused-ring (bicyclic) bond motifs is 1. The molecule has 9 heteroatoms. The van der Waals surface area contributed by atoms with E-state index in [4.69, 9.17) is 9.84 Å². The van der Waals surface area contributed by atoms with Gasteiger partial charge in [0.05, 0.1) is 22.4 Å². The fourth-order valence-corrected chi connectivity index (χ4v) is 5.79. The molecule has 0 fully saturated rings. The molecule has 7 nitrogen and oxygen atoms in total. The average Bonchev–Trinajstić information content (AvgIpc) is 3.21. The first kappa shape index (κ1) is 27.9. The average molecular weight is 539 g/mol. The van der Waals surface area contributed by atoms with Crippen LogP contribution in [0.3, 0.4) is 0 Å². The molecule has 0 bridgehead atoms. The number of hydrogen-bond acceptors (Lipinski definition) is 5. The molecule has 4 rings (SSSR count). The molecule has 1 aliphatic rings. The Bertz CT molecular complexity index is 1300. The number of nitrogens with zero attached hydrogens (tertiary/aromatic N) is 3. The van der Waals surface area contributed by atoms with Crippen LogP contribution in [0.5, 0.6) is 0 Å². The van der Waals surface area contributed by atoms with E-state index in [1.807, 2.05) is 35.9 Å². The van der Waals surface area contributed by atoms with Crippen LogP contribution < -0.4 is 10.2 Å². The number of carbonyl (C=O) groups excluding carboxylic acids is 2. The third kappa shape index (κ3) is 5.94. The number of carbonyl (C=O) groups is 2. The van der Waals surface area contributed by atoms with E-state index in [2.05, 4.69) is 26.1 Å². The zero-order valence-corrected chi connectivity index (χ0v) is 23.4. The van der Waals surface area contributed by atoms with Crippen LogP contribution in [0.2, 0.25) is 0 Å². The number of methoxy groups -OCH3 is 1. The van der Waals surface area contributed by atoms with Crippen molar-refractivity contribution in [3.8, 4) is 5.69 Å². The number of rotatable bonds is 8. The number of aryl methyl sites for hydroxylation is 1. The largest absolute Gasteiger partial charge is 0.385 e. The summed E-state index contributed by atoms with van der Waals surface area (Å²) in [6, 6.07) is 14.3. The maximum atomic E-state index is 13.8. The summed E-state index contributed by atoms with van der Waals surface area (Å²) in [5, 5.41) is 7.73. The number of halogens is 1. The van der Waals surface area contributed by atoms with Crippen LogP contribution in [-0.2, 0) is 19.7 Å². The summed E-state index contributed by atoms with van der Waals surface area (Å²) in [7, 11) is 1.62. The van der Waals surface area contributed by atoms with Gasteiger partial charge in [-0.05, 0) is 42.7 Å². The molecule has 0 radical (unpaired) electrons. The van der Waals surface area contributed by atoms with Gasteiger partial charge in [0, 0.05) is 31.2 Å². The maximum Gasteiger partial charge on any atom is 0.240 e. The van der Waals surface area contributed by atoms with Gasteiger partial charge >= 0.3 is 0 Å². The van der Waals surface area contributed by atoms with Crippen molar-refractivity contribution in [1.29, 1.82) is 0 Å². The smallest absolute Gasteiger partial charge is 0.240 e. The molecule has 1 atom stereocenters. The highest BCUT2D eigenvalue weighted by molar-refractivity contribution is 8.00. The predicted octanol–water partition coefficient (Wildman–Crippen LogP) is 4.94. The van der Waals surface area contributed by atoms with E-state index in [0.29, 0.717) is 25.4 Å². The fourth-order valence-electron chi connectivity index (χ4n) is 4.59. The van der Waals surface area contributed by atoms with E-state index in [9.17, 15) is 14.0 Å². The lowest BCUT2D eigenvalue weighted by Gasteiger charge is -2.25. The Morgan fingerprint density at radius 1 is 1.18 bits per heavy atom. The monoisotopic (exact) mass is 538 g/mol. The molecular weight excluding hydrogens is 503 g/mol. The molecular formula is C29H35FN4O3S. The summed E-state index contributed by atoms with van der Waals surface area (Å²) in [6.07, 6.45) is 0.680. The quantitative estimate of drug-likeness (QED) is 0.411. The van der Waals surface area contributed by atoms with E-state index in [-0.39, 0.29) is 40.6 Å². The van der Waals surface area contributed by atoms with Gasteiger partial charge in [-0.25, -0.2) is 9.07 Å². The number of ether oxygens (including phenoxy) is 1. The molecule has 1 aromatic heterocycles. The normalized spacial score (nSPS) is 15.8. The Morgan fingerprint density at radius 3 is 2.55 bits per heavy atom. The zero-order valence-electron chi connectivity index (χ0n) is 22.6. The number of anilines is 1. The van der Waals surface area contributed by atoms with E-state index in [1.54, 1.807) is 24.1 Å². The van der Waals surface area contributed by atoms with Crippen molar-refractivity contribution < 1.29 is 18.7 Å². The minimum Gasteiger partial charge on any atom is -0.385 e. The Morgan fingerprint density at radius 2 is 1.89 bits per heavy atom. The minimum atomic E-state index is -0.363. The van der Waals surface area contributed by atoms with Gasteiger partial charge in [0.2, 0.25) is 11.8 Å². The summed E-state index contributed by atoms with van der Waals surface area (Å²) in [5.41, 5.74) is 4.05. The van der Waals surface area contributed by atoms with Gasteiger partial charge in [-0.1, -0.05) is 51.1 Å². The summed E-state index contributed by atoms with van der Waals surface area (Å²) < 4.78 is 20.7. The van der Waals surface area contributed by atoms with E-state index in [1.165, 1.54) is 23.9 Å². The highest BCUT2D eigenvalue weighted by Gasteiger charge is 2.40. The van der Waals surface area contributed by atoms with Crippen LogP contribution in [0.15, 0.2) is 48.5 Å². The number of hydrogen-bond donors (Lipinski definition) is 1. The van der Waals surface area contributed by atoms with E-state index in [0.717, 1.165) is 28.1 Å². The molecule has 1 aliphatic heterocycles. The van der Waals surface area contributed by atoms with Gasteiger partial charge in [-0.15, -0.1) is 11.8 Å². The second kappa shape index (κ2) is 11.7. The number of nitrogens with one attached hydrogen (secondary N) is 1. The van der Waals surface area contributed by atoms with Crippen LogP contribution in [0.4, 0.5) is 10.2 Å². The van der Waals surface area contributed by atoms with Crippen molar-refractivity contribution in [3.63, 3.8) is 0 Å². The van der Waals surface area contributed by atoms with E-state index < -0.39 is 0 Å². The molecule has 0 spiro atoms. The van der Waals surface area contributed by atoms with Crippen molar-refractivity contribution in [2.45, 2.75) is 44.8 Å². The standard InChI is InChI=1S/C29H35FN4O3S/c1-19-9-6-7-10-22(19)34-28-25(27(32-34)29(2,3)4)26(20-11-13-21(30)14-12-20)38-18-24(36)33(28)17-23(35)31-15-8-16-37-5/h6-7,9-14,26H,8,15-18H2,1-5H3,(H,31,35)/t26-/m1/s1.